The van der Waals surface area contributed by atoms with Crippen molar-refractivity contribution in [2.24, 2.45) is 0 Å². The number of likely N-dealkylation sites (tertiary alicyclic amines) is 1. The average molecular weight is 424 g/mol. The largest absolute Gasteiger partial charge is 0.486 e. The van der Waals surface area contributed by atoms with Crippen LogP contribution in [0.4, 0.5) is 4.79 Å². The lowest BCUT2D eigenvalue weighted by Crippen LogP contribution is -2.52. The van der Waals surface area contributed by atoms with E-state index in [2.05, 4.69) is 4.98 Å². The molecule has 2 aliphatic rings. The number of carbonyl (C=O) groups excluding carboxylic acids is 2. The van der Waals surface area contributed by atoms with Gasteiger partial charge in [-0.2, -0.15) is 0 Å². The molecule has 1 aromatic heterocycles. The van der Waals surface area contributed by atoms with Crippen LogP contribution in [0.2, 0.25) is 0 Å². The van der Waals surface area contributed by atoms with Crippen LogP contribution in [0.5, 0.6) is 11.6 Å². The third-order valence-electron chi connectivity index (χ3n) is 5.69. The molecule has 1 fully saturated rings. The Morgan fingerprint density at radius 3 is 2.45 bits per heavy atom. The van der Waals surface area contributed by atoms with Crippen molar-refractivity contribution >= 4 is 11.9 Å². The molecule has 0 aliphatic carbocycles. The average Bonchev–Trinajstić information content (AvgIpc) is 2.73. The predicted molar refractivity (Wildman–Crippen MR) is 116 cm³/mol. The van der Waals surface area contributed by atoms with Gasteiger partial charge >= 0.3 is 6.09 Å². The number of methoxy groups -OCH3 is 1. The van der Waals surface area contributed by atoms with Crippen LogP contribution in [0.1, 0.15) is 50.4 Å². The number of rotatable bonds is 2. The first-order valence-electron chi connectivity index (χ1n) is 10.5. The number of ether oxygens (including phenoxy) is 3. The van der Waals surface area contributed by atoms with E-state index in [1.165, 1.54) is 0 Å². The second kappa shape index (κ2) is 7.87. The van der Waals surface area contributed by atoms with Crippen molar-refractivity contribution < 1.29 is 23.8 Å². The fraction of sp³-hybridized carbons (Fsp3) is 0.458. The summed E-state index contributed by atoms with van der Waals surface area (Å²) in [6.07, 6.45) is 2.92. The standard InChI is InChI=1S/C24H28N2O5/c1-23(2,3)31-22(28)26-11-9-24(10-12-26)14-19(27)18-13-16(5-7-20(18)30-24)17-6-8-21(29-4)25-15-17/h5-8,13,15H,9-12,14H2,1-4H3. The number of aromatic nitrogens is 1. The van der Waals surface area contributed by atoms with E-state index in [0.717, 1.165) is 11.1 Å². The Bertz CT molecular complexity index is 986. The number of pyridine rings is 1. The molecule has 0 radical (unpaired) electrons. The fourth-order valence-corrected chi connectivity index (χ4v) is 4.05. The number of hydrogen-bond donors (Lipinski definition) is 0. The lowest BCUT2D eigenvalue weighted by Gasteiger charge is -2.44. The lowest BCUT2D eigenvalue weighted by molar-refractivity contribution is -0.0226. The summed E-state index contributed by atoms with van der Waals surface area (Å²) in [6, 6.07) is 9.36. The van der Waals surface area contributed by atoms with Crippen molar-refractivity contribution in [1.82, 2.24) is 9.88 Å². The Kier molecular flexibility index (Phi) is 5.37. The molecule has 0 atom stereocenters. The van der Waals surface area contributed by atoms with E-state index in [1.54, 1.807) is 24.3 Å². The highest BCUT2D eigenvalue weighted by Crippen LogP contribution is 2.41. The van der Waals surface area contributed by atoms with Crippen molar-refractivity contribution in [3.05, 3.63) is 42.1 Å². The minimum absolute atomic E-state index is 0.0651. The SMILES string of the molecule is COc1ccc(-c2ccc3c(c2)C(=O)CC2(CCN(C(=O)OC(C)(C)C)CC2)O3)cn1. The summed E-state index contributed by atoms with van der Waals surface area (Å²) < 4.78 is 16.9. The summed E-state index contributed by atoms with van der Waals surface area (Å²) in [5.74, 6) is 1.21. The van der Waals surface area contributed by atoms with Crippen LogP contribution >= 0.6 is 0 Å². The molecule has 2 aliphatic heterocycles. The molecule has 3 heterocycles. The van der Waals surface area contributed by atoms with E-state index in [0.29, 0.717) is 49.5 Å². The smallest absolute Gasteiger partial charge is 0.410 e. The molecule has 7 nitrogen and oxygen atoms in total. The highest BCUT2D eigenvalue weighted by Gasteiger charge is 2.44. The Balaban J connectivity index is 1.48. The van der Waals surface area contributed by atoms with E-state index in [1.807, 2.05) is 45.0 Å². The zero-order valence-electron chi connectivity index (χ0n) is 18.4. The van der Waals surface area contributed by atoms with Crippen molar-refractivity contribution in [2.75, 3.05) is 20.2 Å². The molecule has 1 saturated heterocycles. The number of benzene rings is 1. The van der Waals surface area contributed by atoms with E-state index in [9.17, 15) is 9.59 Å². The second-order valence-corrected chi connectivity index (χ2v) is 9.15. The molecule has 0 saturated carbocycles. The van der Waals surface area contributed by atoms with Gasteiger partial charge in [0.15, 0.2) is 5.78 Å². The summed E-state index contributed by atoms with van der Waals surface area (Å²) in [4.78, 5) is 31.3. The molecule has 0 N–H and O–H groups in total. The Morgan fingerprint density at radius 2 is 1.84 bits per heavy atom. The van der Waals surface area contributed by atoms with Gasteiger partial charge in [0.25, 0.3) is 0 Å². The summed E-state index contributed by atoms with van der Waals surface area (Å²) in [5, 5.41) is 0. The number of carbonyl (C=O) groups is 2. The molecule has 7 heteroatoms. The van der Waals surface area contributed by atoms with Crippen molar-refractivity contribution in [2.45, 2.75) is 51.2 Å². The maximum absolute atomic E-state index is 13.0. The fourth-order valence-electron chi connectivity index (χ4n) is 4.05. The number of fused-ring (bicyclic) bond motifs is 1. The van der Waals surface area contributed by atoms with E-state index in [-0.39, 0.29) is 11.9 Å². The van der Waals surface area contributed by atoms with Gasteiger partial charge in [-0.05, 0) is 44.5 Å². The summed E-state index contributed by atoms with van der Waals surface area (Å²) in [6.45, 7) is 6.57. The normalized spacial score (nSPS) is 17.7. The Morgan fingerprint density at radius 1 is 1.13 bits per heavy atom. The van der Waals surface area contributed by atoms with Crippen LogP contribution in [0, 0.1) is 0 Å². The van der Waals surface area contributed by atoms with Gasteiger partial charge in [-0.3, -0.25) is 4.79 Å². The van der Waals surface area contributed by atoms with Crippen molar-refractivity contribution in [1.29, 1.82) is 0 Å². The number of amides is 1. The van der Waals surface area contributed by atoms with Gasteiger partial charge in [0, 0.05) is 43.8 Å². The molecule has 1 spiro atoms. The van der Waals surface area contributed by atoms with Crippen LogP contribution in [0.25, 0.3) is 11.1 Å². The van der Waals surface area contributed by atoms with Crippen LogP contribution in [-0.2, 0) is 4.74 Å². The summed E-state index contributed by atoms with van der Waals surface area (Å²) >= 11 is 0. The molecule has 1 amide bonds. The van der Waals surface area contributed by atoms with Gasteiger partial charge in [-0.1, -0.05) is 6.07 Å². The molecular weight excluding hydrogens is 396 g/mol. The van der Waals surface area contributed by atoms with Gasteiger partial charge in [0.05, 0.1) is 19.1 Å². The first-order chi connectivity index (χ1) is 14.7. The minimum atomic E-state index is -0.564. The Hall–Kier alpha value is -3.09. The van der Waals surface area contributed by atoms with Crippen molar-refractivity contribution in [3.63, 3.8) is 0 Å². The molecule has 31 heavy (non-hydrogen) atoms. The van der Waals surface area contributed by atoms with Crippen LogP contribution in [-0.4, -0.2) is 53.2 Å². The minimum Gasteiger partial charge on any atom is -0.486 e. The first-order valence-corrected chi connectivity index (χ1v) is 10.5. The van der Waals surface area contributed by atoms with Crippen LogP contribution in [0.15, 0.2) is 36.5 Å². The quantitative estimate of drug-likeness (QED) is 0.707. The monoisotopic (exact) mass is 424 g/mol. The van der Waals surface area contributed by atoms with Crippen LogP contribution < -0.4 is 9.47 Å². The van der Waals surface area contributed by atoms with Gasteiger partial charge in [-0.25, -0.2) is 9.78 Å². The number of hydrogen-bond acceptors (Lipinski definition) is 6. The molecule has 0 unspecified atom stereocenters. The molecule has 1 aromatic carbocycles. The van der Waals surface area contributed by atoms with E-state index in [4.69, 9.17) is 14.2 Å². The molecule has 0 bridgehead atoms. The van der Waals surface area contributed by atoms with Gasteiger partial charge in [0.2, 0.25) is 5.88 Å². The molecule has 164 valence electrons. The second-order valence-electron chi connectivity index (χ2n) is 9.15. The third-order valence-corrected chi connectivity index (χ3v) is 5.69. The Labute approximate surface area is 182 Å². The van der Waals surface area contributed by atoms with Gasteiger partial charge in [-0.15, -0.1) is 0 Å². The van der Waals surface area contributed by atoms with E-state index >= 15 is 0 Å². The predicted octanol–water partition coefficient (Wildman–Crippen LogP) is 4.49. The third kappa shape index (κ3) is 4.50. The highest BCUT2D eigenvalue weighted by molar-refractivity contribution is 6.01. The first kappa shape index (κ1) is 21.2. The lowest BCUT2D eigenvalue weighted by atomic mass is 9.82. The highest BCUT2D eigenvalue weighted by atomic mass is 16.6. The summed E-state index contributed by atoms with van der Waals surface area (Å²) in [5.41, 5.74) is 1.31. The number of nitrogens with zero attached hydrogens (tertiary/aromatic N) is 2. The maximum Gasteiger partial charge on any atom is 0.410 e. The zero-order valence-corrected chi connectivity index (χ0v) is 18.4. The van der Waals surface area contributed by atoms with Gasteiger partial charge in [0.1, 0.15) is 17.0 Å². The van der Waals surface area contributed by atoms with Crippen LogP contribution in [0.3, 0.4) is 0 Å². The number of ketones is 1. The number of Topliss-reactive ketones (excluding diaryl/α,β-unsaturated/α-hetero) is 1. The summed E-state index contributed by atoms with van der Waals surface area (Å²) in [7, 11) is 1.57. The number of piperidine rings is 1. The van der Waals surface area contributed by atoms with E-state index < -0.39 is 11.2 Å². The topological polar surface area (TPSA) is 78.0 Å². The molecule has 4 rings (SSSR count). The maximum atomic E-state index is 13.0. The zero-order chi connectivity index (χ0) is 22.2. The molecule has 2 aromatic rings. The molecular formula is C24H28N2O5. The van der Waals surface area contributed by atoms with Gasteiger partial charge < -0.3 is 19.1 Å². The van der Waals surface area contributed by atoms with Crippen molar-refractivity contribution in [3.8, 4) is 22.8 Å².